The third kappa shape index (κ3) is 2.35. The minimum absolute atomic E-state index is 0.0790. The Balaban J connectivity index is 1.92. The second-order valence-corrected chi connectivity index (χ2v) is 6.62. The Morgan fingerprint density at radius 3 is 3.00 bits per heavy atom. The number of hydrogen-bond donors (Lipinski definition) is 2. The Morgan fingerprint density at radius 2 is 2.32 bits per heavy atom. The van der Waals surface area contributed by atoms with Gasteiger partial charge in [-0.25, -0.2) is 4.79 Å². The first-order valence-corrected chi connectivity index (χ1v) is 8.30. The largest absolute Gasteiger partial charge is 0.504 e. The van der Waals surface area contributed by atoms with E-state index >= 15 is 0 Å². The van der Waals surface area contributed by atoms with Gasteiger partial charge in [-0.05, 0) is 11.5 Å². The van der Waals surface area contributed by atoms with Crippen LogP contribution in [0.1, 0.15) is 11.8 Å². The van der Waals surface area contributed by atoms with E-state index in [0.29, 0.717) is 5.56 Å². The molecule has 0 radical (unpaired) electrons. The van der Waals surface area contributed by atoms with Crippen LogP contribution in [-0.2, 0) is 18.6 Å². The summed E-state index contributed by atoms with van der Waals surface area (Å²) in [5.74, 6) is 0. The van der Waals surface area contributed by atoms with Crippen molar-refractivity contribution in [2.24, 2.45) is 0 Å². The van der Waals surface area contributed by atoms with Gasteiger partial charge in [0.05, 0.1) is 6.61 Å². The number of aliphatic hydroxyl groups excluding tert-OH is 1. The topological polar surface area (TPSA) is 120 Å². The molecular formula is C12H16N2O7P+. The lowest BCUT2D eigenvalue weighted by Crippen LogP contribution is -2.45. The SMILES string of the molecule is Cc1cn([C@@H]2O[C@@]3(CO[P+](C)=O)CO[C@@H]2[C@@H]3O)c(=O)[nH]c1=O. The number of ether oxygens (including phenoxy) is 2. The number of aliphatic hydroxyl groups is 1. The van der Waals surface area contributed by atoms with E-state index < -0.39 is 43.3 Å². The van der Waals surface area contributed by atoms with E-state index in [1.165, 1.54) is 17.4 Å². The van der Waals surface area contributed by atoms with Crippen molar-refractivity contribution in [2.75, 3.05) is 19.9 Å². The normalized spacial score (nSPS) is 34.1. The van der Waals surface area contributed by atoms with E-state index in [2.05, 4.69) is 4.98 Å². The Kier molecular flexibility index (Phi) is 3.78. The van der Waals surface area contributed by atoms with Crippen molar-refractivity contribution < 1.29 is 23.7 Å². The summed E-state index contributed by atoms with van der Waals surface area (Å²) in [7, 11) is -1.85. The molecule has 1 unspecified atom stereocenters. The summed E-state index contributed by atoms with van der Waals surface area (Å²) in [6, 6.07) is 0. The predicted molar refractivity (Wildman–Crippen MR) is 74.1 cm³/mol. The van der Waals surface area contributed by atoms with Gasteiger partial charge in [-0.3, -0.25) is 14.3 Å². The van der Waals surface area contributed by atoms with Crippen LogP contribution in [0.3, 0.4) is 0 Å². The number of H-pyrrole nitrogens is 1. The van der Waals surface area contributed by atoms with Crippen LogP contribution in [0.5, 0.6) is 0 Å². The van der Waals surface area contributed by atoms with Crippen molar-refractivity contribution in [3.63, 3.8) is 0 Å². The van der Waals surface area contributed by atoms with Crippen molar-refractivity contribution in [1.82, 2.24) is 9.55 Å². The zero-order valence-electron chi connectivity index (χ0n) is 12.0. The average molecular weight is 331 g/mol. The molecule has 1 aromatic rings. The second kappa shape index (κ2) is 5.36. The molecule has 3 heterocycles. The van der Waals surface area contributed by atoms with Crippen LogP contribution in [0.4, 0.5) is 0 Å². The Bertz CT molecular complexity index is 729. The fourth-order valence-corrected chi connectivity index (χ4v) is 3.11. The van der Waals surface area contributed by atoms with Crippen LogP contribution >= 0.6 is 8.03 Å². The molecule has 22 heavy (non-hydrogen) atoms. The van der Waals surface area contributed by atoms with Crippen molar-refractivity contribution >= 4 is 8.03 Å². The van der Waals surface area contributed by atoms with E-state index in [1.807, 2.05) is 0 Å². The number of rotatable bonds is 4. The van der Waals surface area contributed by atoms with Crippen LogP contribution in [0, 0.1) is 6.92 Å². The quantitative estimate of drug-likeness (QED) is 0.697. The zero-order chi connectivity index (χ0) is 16.1. The molecule has 0 spiro atoms. The molecule has 5 atom stereocenters. The molecular weight excluding hydrogens is 315 g/mol. The average Bonchev–Trinajstić information content (AvgIpc) is 2.91. The van der Waals surface area contributed by atoms with Gasteiger partial charge >= 0.3 is 13.7 Å². The van der Waals surface area contributed by atoms with E-state index in [0.717, 1.165) is 0 Å². The number of aromatic amines is 1. The fourth-order valence-electron chi connectivity index (χ4n) is 2.71. The molecule has 9 nitrogen and oxygen atoms in total. The molecule has 3 rings (SSSR count). The molecule has 2 aliphatic rings. The maximum absolute atomic E-state index is 11.9. The molecule has 2 aliphatic heterocycles. The highest BCUT2D eigenvalue weighted by Gasteiger charge is 2.63. The van der Waals surface area contributed by atoms with Crippen molar-refractivity contribution in [3.8, 4) is 0 Å². The smallest absolute Gasteiger partial charge is 0.387 e. The highest BCUT2D eigenvalue weighted by molar-refractivity contribution is 7.38. The van der Waals surface area contributed by atoms with Crippen LogP contribution in [0.25, 0.3) is 0 Å². The molecule has 2 saturated heterocycles. The third-order valence-electron chi connectivity index (χ3n) is 3.92. The maximum Gasteiger partial charge on any atom is 0.504 e. The minimum atomic E-state index is -1.85. The summed E-state index contributed by atoms with van der Waals surface area (Å²) in [6.45, 7) is 2.92. The van der Waals surface area contributed by atoms with Gasteiger partial charge in [0.1, 0.15) is 18.8 Å². The lowest BCUT2D eigenvalue weighted by molar-refractivity contribution is -0.184. The van der Waals surface area contributed by atoms with Crippen LogP contribution < -0.4 is 11.2 Å². The van der Waals surface area contributed by atoms with Crippen LogP contribution in [0.2, 0.25) is 0 Å². The number of aromatic nitrogens is 2. The maximum atomic E-state index is 11.9. The van der Waals surface area contributed by atoms with Crippen LogP contribution in [-0.4, -0.2) is 52.3 Å². The molecule has 0 aliphatic carbocycles. The predicted octanol–water partition coefficient (Wildman–Crippen LogP) is -0.739. The lowest BCUT2D eigenvalue weighted by atomic mass is 10.0. The summed E-state index contributed by atoms with van der Waals surface area (Å²) in [5.41, 5.74) is -1.96. The van der Waals surface area contributed by atoms with Gasteiger partial charge in [0.2, 0.25) is 0 Å². The number of nitrogens with zero attached hydrogens (tertiary/aromatic N) is 1. The Hall–Kier alpha value is -1.38. The monoisotopic (exact) mass is 331 g/mol. The lowest BCUT2D eigenvalue weighted by Gasteiger charge is -2.29. The Morgan fingerprint density at radius 1 is 1.59 bits per heavy atom. The third-order valence-corrected chi connectivity index (χ3v) is 4.41. The number of aryl methyl sites for hydroxylation is 1. The van der Waals surface area contributed by atoms with Gasteiger partial charge in [-0.15, -0.1) is 4.52 Å². The molecule has 120 valence electrons. The first kappa shape index (κ1) is 15.5. The molecule has 0 saturated carbocycles. The summed E-state index contributed by atoms with van der Waals surface area (Å²) in [4.78, 5) is 25.6. The summed E-state index contributed by atoms with van der Waals surface area (Å²) in [6.07, 6.45) is -1.31. The van der Waals surface area contributed by atoms with E-state index in [4.69, 9.17) is 14.0 Å². The molecule has 10 heteroatoms. The highest BCUT2D eigenvalue weighted by atomic mass is 31.1. The number of nitrogens with one attached hydrogen (secondary N) is 1. The summed E-state index contributed by atoms with van der Waals surface area (Å²) < 4.78 is 28.6. The van der Waals surface area contributed by atoms with Gasteiger partial charge in [-0.2, -0.15) is 0 Å². The second-order valence-electron chi connectivity index (χ2n) is 5.49. The first-order valence-electron chi connectivity index (χ1n) is 6.67. The number of hydrogen-bond acceptors (Lipinski definition) is 7. The van der Waals surface area contributed by atoms with Gasteiger partial charge in [0, 0.05) is 11.8 Å². The fraction of sp³-hybridized carbons (Fsp3) is 0.667. The van der Waals surface area contributed by atoms with Gasteiger partial charge in [-0.1, -0.05) is 0 Å². The van der Waals surface area contributed by atoms with Crippen molar-refractivity contribution in [1.29, 1.82) is 0 Å². The standard InChI is InChI=1S/C12H15N2O7P/c1-6-3-14(11(17)13-9(6)16)10-7-8(15)12(21-10,4-19-7)5-20-22(2)18/h3,7-8,10,15H,4-5H2,1-2H3/p+1/t7-,8+,10-,12-/m1/s1. The Labute approximate surface area is 125 Å². The van der Waals surface area contributed by atoms with Gasteiger partial charge < -0.3 is 14.6 Å². The highest BCUT2D eigenvalue weighted by Crippen LogP contribution is 2.45. The molecule has 2 bridgehead atoms. The molecule has 2 fully saturated rings. The minimum Gasteiger partial charge on any atom is -0.387 e. The summed E-state index contributed by atoms with van der Waals surface area (Å²) >= 11 is 0. The molecule has 0 amide bonds. The van der Waals surface area contributed by atoms with Gasteiger partial charge in [0.25, 0.3) is 5.56 Å². The summed E-state index contributed by atoms with van der Waals surface area (Å²) in [5, 5.41) is 10.3. The van der Waals surface area contributed by atoms with E-state index in [9.17, 15) is 19.3 Å². The molecule has 2 N–H and O–H groups in total. The number of fused-ring (bicyclic) bond motifs is 2. The van der Waals surface area contributed by atoms with Gasteiger partial charge in [0.15, 0.2) is 18.5 Å². The first-order chi connectivity index (χ1) is 10.3. The van der Waals surface area contributed by atoms with E-state index in [1.54, 1.807) is 6.92 Å². The zero-order valence-corrected chi connectivity index (χ0v) is 12.9. The van der Waals surface area contributed by atoms with Crippen molar-refractivity contribution in [3.05, 3.63) is 32.6 Å². The molecule has 0 aromatic carbocycles. The van der Waals surface area contributed by atoms with Crippen LogP contribution in [0.15, 0.2) is 15.8 Å². The molecule has 1 aromatic heterocycles. The van der Waals surface area contributed by atoms with E-state index in [-0.39, 0.29) is 13.2 Å². The van der Waals surface area contributed by atoms with Crippen molar-refractivity contribution in [2.45, 2.75) is 31.0 Å².